The topological polar surface area (TPSA) is 94.6 Å². The van der Waals surface area contributed by atoms with Gasteiger partial charge in [-0.1, -0.05) is 0 Å². The maximum atomic E-state index is 12.3. The predicted octanol–water partition coefficient (Wildman–Crippen LogP) is 1.16. The summed E-state index contributed by atoms with van der Waals surface area (Å²) in [5, 5.41) is 3.21. The Morgan fingerprint density at radius 2 is 1.74 bits per heavy atom. The highest BCUT2D eigenvalue weighted by molar-refractivity contribution is 7.86. The fourth-order valence-corrected chi connectivity index (χ4v) is 3.98. The van der Waals surface area contributed by atoms with Gasteiger partial charge < -0.3 is 10.2 Å². The molecule has 1 N–H and O–H groups in total. The largest absolute Gasteiger partial charge is 0.354 e. The summed E-state index contributed by atoms with van der Waals surface area (Å²) in [5.41, 5.74) is 1.11. The molecule has 0 aromatic carbocycles. The lowest BCUT2D eigenvalue weighted by Crippen LogP contribution is -2.51. The molecule has 0 radical (unpaired) electrons. The molecule has 9 nitrogen and oxygen atoms in total. The first-order valence-electron chi connectivity index (χ1n) is 8.73. The van der Waals surface area contributed by atoms with Gasteiger partial charge in [0.2, 0.25) is 0 Å². The number of piperazine rings is 1. The normalized spacial score (nSPS) is 16.0. The van der Waals surface area contributed by atoms with Gasteiger partial charge in [0.25, 0.3) is 10.2 Å². The van der Waals surface area contributed by atoms with Crippen molar-refractivity contribution in [2.24, 2.45) is 0 Å². The molecular formula is C17H25N7O2S. The molecule has 2 aromatic heterocycles. The van der Waals surface area contributed by atoms with E-state index < -0.39 is 10.2 Å². The molecule has 0 unspecified atom stereocenters. The lowest BCUT2D eigenvalue weighted by molar-refractivity contribution is 0.355. The SMILES string of the molecule is Cc1ccnc(Nc2cc(N3CCN(S(=O)(=O)N(C)C)CC3)nc(C)n2)c1. The van der Waals surface area contributed by atoms with Crippen LogP contribution in [0, 0.1) is 13.8 Å². The third kappa shape index (κ3) is 4.52. The van der Waals surface area contributed by atoms with Crippen molar-refractivity contribution in [3.05, 3.63) is 35.8 Å². The van der Waals surface area contributed by atoms with Crippen molar-refractivity contribution >= 4 is 27.7 Å². The zero-order valence-electron chi connectivity index (χ0n) is 16.0. The molecule has 0 amide bonds. The molecule has 1 aliphatic heterocycles. The van der Waals surface area contributed by atoms with Gasteiger partial charge >= 0.3 is 0 Å². The van der Waals surface area contributed by atoms with E-state index in [9.17, 15) is 8.42 Å². The average molecular weight is 392 g/mol. The van der Waals surface area contributed by atoms with Crippen LogP contribution in [0.3, 0.4) is 0 Å². The van der Waals surface area contributed by atoms with Gasteiger partial charge in [0.05, 0.1) is 0 Å². The van der Waals surface area contributed by atoms with Crippen LogP contribution >= 0.6 is 0 Å². The third-order valence-electron chi connectivity index (χ3n) is 4.35. The molecule has 2 aromatic rings. The van der Waals surface area contributed by atoms with E-state index in [0.717, 1.165) is 17.2 Å². The van der Waals surface area contributed by atoms with E-state index in [4.69, 9.17) is 0 Å². The lowest BCUT2D eigenvalue weighted by Gasteiger charge is -2.35. The Morgan fingerprint density at radius 3 is 2.37 bits per heavy atom. The van der Waals surface area contributed by atoms with Crippen LogP contribution in [0.15, 0.2) is 24.4 Å². The van der Waals surface area contributed by atoms with Crippen molar-refractivity contribution in [2.45, 2.75) is 13.8 Å². The van der Waals surface area contributed by atoms with Crippen LogP contribution in [-0.4, -0.2) is 72.3 Å². The summed E-state index contributed by atoms with van der Waals surface area (Å²) in [7, 11) is -0.283. The maximum absolute atomic E-state index is 12.3. The van der Waals surface area contributed by atoms with Crippen LogP contribution in [-0.2, 0) is 10.2 Å². The number of aryl methyl sites for hydroxylation is 2. The standard InChI is InChI=1S/C17H25N7O2S/c1-13-5-6-18-15(11-13)21-16-12-17(20-14(2)19-16)23-7-9-24(10-8-23)27(25,26)22(3)4/h5-6,11-12H,7-10H2,1-4H3,(H,18,19,20,21). The Hall–Kier alpha value is -2.30. The molecule has 0 bridgehead atoms. The fraction of sp³-hybridized carbons (Fsp3) is 0.471. The van der Waals surface area contributed by atoms with Crippen molar-refractivity contribution in [2.75, 3.05) is 50.5 Å². The summed E-state index contributed by atoms with van der Waals surface area (Å²) in [6.07, 6.45) is 1.75. The molecule has 3 heterocycles. The van der Waals surface area contributed by atoms with Gasteiger partial charge in [-0.3, -0.25) is 0 Å². The first kappa shape index (κ1) is 19.5. The van der Waals surface area contributed by atoms with Gasteiger partial charge in [0, 0.05) is 52.5 Å². The molecular weight excluding hydrogens is 366 g/mol. The maximum Gasteiger partial charge on any atom is 0.281 e. The molecule has 0 aliphatic carbocycles. The quantitative estimate of drug-likeness (QED) is 0.817. The summed E-state index contributed by atoms with van der Waals surface area (Å²) < 4.78 is 27.3. The Balaban J connectivity index is 1.74. The minimum Gasteiger partial charge on any atom is -0.354 e. The molecule has 1 aliphatic rings. The monoisotopic (exact) mass is 391 g/mol. The average Bonchev–Trinajstić information content (AvgIpc) is 2.61. The second kappa shape index (κ2) is 7.75. The summed E-state index contributed by atoms with van der Waals surface area (Å²) in [4.78, 5) is 15.3. The van der Waals surface area contributed by atoms with Crippen LogP contribution < -0.4 is 10.2 Å². The van der Waals surface area contributed by atoms with Gasteiger partial charge in [0.1, 0.15) is 23.3 Å². The second-order valence-electron chi connectivity index (χ2n) is 6.68. The van der Waals surface area contributed by atoms with E-state index >= 15 is 0 Å². The van der Waals surface area contributed by atoms with Gasteiger partial charge in [-0.05, 0) is 31.5 Å². The minimum atomic E-state index is -3.38. The molecule has 1 saturated heterocycles. The molecule has 1 fully saturated rings. The highest BCUT2D eigenvalue weighted by Gasteiger charge is 2.29. The van der Waals surface area contributed by atoms with Crippen LogP contribution in [0.4, 0.5) is 17.5 Å². The molecule has 10 heteroatoms. The fourth-order valence-electron chi connectivity index (χ4n) is 2.89. The van der Waals surface area contributed by atoms with Crippen molar-refractivity contribution in [1.29, 1.82) is 0 Å². The van der Waals surface area contributed by atoms with E-state index in [1.165, 1.54) is 8.61 Å². The Bertz CT molecular complexity index is 909. The predicted molar refractivity (Wildman–Crippen MR) is 105 cm³/mol. The van der Waals surface area contributed by atoms with E-state index in [1.54, 1.807) is 20.3 Å². The van der Waals surface area contributed by atoms with Crippen LogP contribution in [0.1, 0.15) is 11.4 Å². The highest BCUT2D eigenvalue weighted by atomic mass is 32.2. The molecule has 0 atom stereocenters. The van der Waals surface area contributed by atoms with E-state index in [2.05, 4.69) is 25.2 Å². The summed E-state index contributed by atoms with van der Waals surface area (Å²) in [6, 6.07) is 5.75. The molecule has 3 rings (SSSR count). The van der Waals surface area contributed by atoms with Crippen molar-refractivity contribution in [3.63, 3.8) is 0 Å². The van der Waals surface area contributed by atoms with Crippen molar-refractivity contribution in [1.82, 2.24) is 23.6 Å². The molecule has 27 heavy (non-hydrogen) atoms. The summed E-state index contributed by atoms with van der Waals surface area (Å²) in [5.74, 6) is 2.81. The number of aromatic nitrogens is 3. The number of anilines is 3. The third-order valence-corrected chi connectivity index (χ3v) is 6.29. The smallest absolute Gasteiger partial charge is 0.281 e. The van der Waals surface area contributed by atoms with E-state index in [0.29, 0.717) is 37.8 Å². The summed E-state index contributed by atoms with van der Waals surface area (Å²) >= 11 is 0. The first-order valence-corrected chi connectivity index (χ1v) is 10.1. The zero-order valence-corrected chi connectivity index (χ0v) is 16.9. The van der Waals surface area contributed by atoms with Gasteiger partial charge in [-0.25, -0.2) is 15.0 Å². The molecule has 0 saturated carbocycles. The van der Waals surface area contributed by atoms with Crippen LogP contribution in [0.25, 0.3) is 0 Å². The van der Waals surface area contributed by atoms with Crippen molar-refractivity contribution in [3.8, 4) is 0 Å². The van der Waals surface area contributed by atoms with Gasteiger partial charge in [-0.15, -0.1) is 0 Å². The lowest BCUT2D eigenvalue weighted by atomic mass is 10.3. The number of rotatable bonds is 5. The second-order valence-corrected chi connectivity index (χ2v) is 8.82. The number of hydrogen-bond donors (Lipinski definition) is 1. The van der Waals surface area contributed by atoms with E-state index in [-0.39, 0.29) is 0 Å². The summed E-state index contributed by atoms with van der Waals surface area (Å²) in [6.45, 7) is 5.84. The molecule has 0 spiro atoms. The number of nitrogens with one attached hydrogen (secondary N) is 1. The Labute approximate surface area is 160 Å². The Kier molecular flexibility index (Phi) is 5.59. The van der Waals surface area contributed by atoms with Gasteiger partial charge in [0.15, 0.2) is 0 Å². The Morgan fingerprint density at radius 1 is 1.04 bits per heavy atom. The first-order chi connectivity index (χ1) is 12.8. The highest BCUT2D eigenvalue weighted by Crippen LogP contribution is 2.21. The molecule has 146 valence electrons. The van der Waals surface area contributed by atoms with E-state index in [1.807, 2.05) is 32.0 Å². The van der Waals surface area contributed by atoms with Crippen LogP contribution in [0.2, 0.25) is 0 Å². The zero-order chi connectivity index (χ0) is 19.6. The van der Waals surface area contributed by atoms with Crippen molar-refractivity contribution < 1.29 is 8.42 Å². The number of nitrogens with zero attached hydrogens (tertiary/aromatic N) is 6. The van der Waals surface area contributed by atoms with Crippen LogP contribution in [0.5, 0.6) is 0 Å². The van der Waals surface area contributed by atoms with Gasteiger partial charge in [-0.2, -0.15) is 17.0 Å². The number of pyridine rings is 1. The minimum absolute atomic E-state index is 0.422. The number of hydrogen-bond acceptors (Lipinski definition) is 7.